The van der Waals surface area contributed by atoms with Gasteiger partial charge in [-0.25, -0.2) is 0 Å². The molecular weight excluding hydrogens is 204 g/mol. The van der Waals surface area contributed by atoms with E-state index in [2.05, 4.69) is 6.58 Å². The summed E-state index contributed by atoms with van der Waals surface area (Å²) in [4.78, 5) is 12.8. The largest absolute Gasteiger partial charge is 0.497 e. The Balaban J connectivity index is 3.24. The highest BCUT2D eigenvalue weighted by Gasteiger charge is 2.12. The Bertz CT molecular complexity index is 461. The highest BCUT2D eigenvalue weighted by atomic mass is 16.5. The number of rotatable bonds is 3. The lowest BCUT2D eigenvalue weighted by Crippen LogP contribution is -2.24. The number of nitriles is 1. The number of carbonyl (C=O) groups excluding carboxylic acids is 1. The van der Waals surface area contributed by atoms with Crippen LogP contribution in [0, 0.1) is 11.3 Å². The molecule has 0 saturated heterocycles. The van der Waals surface area contributed by atoms with Gasteiger partial charge in [0.2, 0.25) is 5.91 Å². The number of benzene rings is 1. The third-order valence-corrected chi connectivity index (χ3v) is 2.19. The van der Waals surface area contributed by atoms with Gasteiger partial charge >= 0.3 is 0 Å². The van der Waals surface area contributed by atoms with Crippen LogP contribution in [0.25, 0.3) is 0 Å². The minimum Gasteiger partial charge on any atom is -0.497 e. The molecule has 4 heteroatoms. The van der Waals surface area contributed by atoms with Gasteiger partial charge in [-0.1, -0.05) is 6.58 Å². The Hall–Kier alpha value is -2.28. The van der Waals surface area contributed by atoms with Crippen LogP contribution in [0.1, 0.15) is 5.56 Å². The second-order valence-electron chi connectivity index (χ2n) is 3.10. The molecule has 0 aliphatic rings. The van der Waals surface area contributed by atoms with Gasteiger partial charge in [-0.3, -0.25) is 4.79 Å². The number of methoxy groups -OCH3 is 1. The smallest absolute Gasteiger partial charge is 0.250 e. The molecule has 0 radical (unpaired) electrons. The summed E-state index contributed by atoms with van der Waals surface area (Å²) < 4.78 is 5.04. The van der Waals surface area contributed by atoms with E-state index in [4.69, 9.17) is 10.00 Å². The fourth-order valence-corrected chi connectivity index (χ4v) is 1.27. The van der Waals surface area contributed by atoms with Gasteiger partial charge in [-0.15, -0.1) is 0 Å². The van der Waals surface area contributed by atoms with Gasteiger partial charge in [-0.2, -0.15) is 5.26 Å². The van der Waals surface area contributed by atoms with Crippen LogP contribution in [0.5, 0.6) is 5.75 Å². The van der Waals surface area contributed by atoms with Gasteiger partial charge in [-0.05, 0) is 18.2 Å². The van der Waals surface area contributed by atoms with Crippen molar-refractivity contribution < 1.29 is 9.53 Å². The van der Waals surface area contributed by atoms with Crippen LogP contribution in [0.4, 0.5) is 5.69 Å². The standard InChI is InChI=1S/C12H12N2O2/c1-4-12(15)14(2)11-7-10(16-3)6-5-9(11)8-13/h4-7H,1H2,2-3H3. The van der Waals surface area contributed by atoms with E-state index < -0.39 is 0 Å². The zero-order valence-corrected chi connectivity index (χ0v) is 9.23. The van der Waals surface area contributed by atoms with E-state index in [-0.39, 0.29) is 5.91 Å². The molecule has 1 amide bonds. The first-order chi connectivity index (χ1) is 7.63. The number of amides is 1. The van der Waals surface area contributed by atoms with Crippen LogP contribution < -0.4 is 9.64 Å². The van der Waals surface area contributed by atoms with Gasteiger partial charge in [0.15, 0.2) is 0 Å². The van der Waals surface area contributed by atoms with Crippen LogP contribution in [0.15, 0.2) is 30.9 Å². The van der Waals surface area contributed by atoms with Gasteiger partial charge < -0.3 is 9.64 Å². The zero-order chi connectivity index (χ0) is 12.1. The molecule has 0 N–H and O–H groups in total. The zero-order valence-electron chi connectivity index (χ0n) is 9.23. The van der Waals surface area contributed by atoms with Crippen molar-refractivity contribution in [1.29, 1.82) is 5.26 Å². The maximum Gasteiger partial charge on any atom is 0.250 e. The van der Waals surface area contributed by atoms with Crippen molar-refractivity contribution >= 4 is 11.6 Å². The molecular formula is C12H12N2O2. The maximum absolute atomic E-state index is 11.4. The van der Waals surface area contributed by atoms with Crippen LogP contribution in [0.3, 0.4) is 0 Å². The first-order valence-corrected chi connectivity index (χ1v) is 4.62. The van der Waals surface area contributed by atoms with E-state index in [1.165, 1.54) is 18.1 Å². The van der Waals surface area contributed by atoms with Crippen LogP contribution in [-0.2, 0) is 4.79 Å². The van der Waals surface area contributed by atoms with Crippen molar-refractivity contribution in [3.05, 3.63) is 36.4 Å². The van der Waals surface area contributed by atoms with Crippen molar-refractivity contribution in [1.82, 2.24) is 0 Å². The predicted molar refractivity (Wildman–Crippen MR) is 61.3 cm³/mol. The van der Waals surface area contributed by atoms with E-state index >= 15 is 0 Å². The number of likely N-dealkylation sites (N-methyl/N-ethyl adjacent to an activating group) is 1. The molecule has 4 nitrogen and oxygen atoms in total. The van der Waals surface area contributed by atoms with Crippen molar-refractivity contribution in [3.63, 3.8) is 0 Å². The predicted octanol–water partition coefficient (Wildman–Crippen LogP) is 1.72. The normalized spacial score (nSPS) is 9.06. The highest BCUT2D eigenvalue weighted by molar-refractivity contribution is 6.01. The number of hydrogen-bond donors (Lipinski definition) is 0. The highest BCUT2D eigenvalue weighted by Crippen LogP contribution is 2.24. The third-order valence-electron chi connectivity index (χ3n) is 2.19. The first-order valence-electron chi connectivity index (χ1n) is 4.62. The van der Waals surface area contributed by atoms with Crippen molar-refractivity contribution in [2.45, 2.75) is 0 Å². The number of ether oxygens (including phenoxy) is 1. The van der Waals surface area contributed by atoms with E-state index in [9.17, 15) is 4.79 Å². The van der Waals surface area contributed by atoms with E-state index in [1.54, 1.807) is 25.2 Å². The fourth-order valence-electron chi connectivity index (χ4n) is 1.27. The summed E-state index contributed by atoms with van der Waals surface area (Å²) in [5, 5.41) is 8.93. The van der Waals surface area contributed by atoms with Crippen LogP contribution in [-0.4, -0.2) is 20.1 Å². The number of carbonyl (C=O) groups is 1. The average molecular weight is 216 g/mol. The second kappa shape index (κ2) is 4.99. The van der Waals surface area contributed by atoms with E-state index in [1.807, 2.05) is 6.07 Å². The Labute approximate surface area is 94.4 Å². The molecule has 0 aromatic heterocycles. The van der Waals surface area contributed by atoms with Gasteiger partial charge in [0.1, 0.15) is 11.8 Å². The van der Waals surface area contributed by atoms with Gasteiger partial charge in [0.25, 0.3) is 0 Å². The Kier molecular flexibility index (Phi) is 3.67. The summed E-state index contributed by atoms with van der Waals surface area (Å²) >= 11 is 0. The summed E-state index contributed by atoms with van der Waals surface area (Å²) in [6.07, 6.45) is 1.20. The molecule has 0 heterocycles. The number of hydrogen-bond acceptors (Lipinski definition) is 3. The molecule has 82 valence electrons. The third kappa shape index (κ3) is 2.20. The molecule has 0 bridgehead atoms. The Morgan fingerprint density at radius 2 is 2.31 bits per heavy atom. The maximum atomic E-state index is 11.4. The summed E-state index contributed by atoms with van der Waals surface area (Å²) in [6.45, 7) is 3.40. The van der Waals surface area contributed by atoms with Crippen LogP contribution in [0.2, 0.25) is 0 Å². The Morgan fingerprint density at radius 1 is 1.62 bits per heavy atom. The molecule has 0 atom stereocenters. The van der Waals surface area contributed by atoms with Crippen LogP contribution >= 0.6 is 0 Å². The molecule has 0 spiro atoms. The lowest BCUT2D eigenvalue weighted by molar-refractivity contribution is -0.113. The molecule has 0 aliphatic carbocycles. The first kappa shape index (κ1) is 11.8. The lowest BCUT2D eigenvalue weighted by atomic mass is 10.1. The molecule has 0 fully saturated rings. The number of nitrogens with zero attached hydrogens (tertiary/aromatic N) is 2. The number of anilines is 1. The minimum absolute atomic E-state index is 0.273. The van der Waals surface area contributed by atoms with Crippen molar-refractivity contribution in [2.75, 3.05) is 19.1 Å². The SMILES string of the molecule is C=CC(=O)N(C)c1cc(OC)ccc1C#N. The molecule has 1 aromatic carbocycles. The lowest BCUT2D eigenvalue weighted by Gasteiger charge is -2.17. The summed E-state index contributed by atoms with van der Waals surface area (Å²) in [7, 11) is 3.11. The summed E-state index contributed by atoms with van der Waals surface area (Å²) in [6, 6.07) is 6.95. The quantitative estimate of drug-likeness (QED) is 0.723. The fraction of sp³-hybridized carbons (Fsp3) is 0.167. The molecule has 16 heavy (non-hydrogen) atoms. The molecule has 0 saturated carbocycles. The van der Waals surface area contributed by atoms with E-state index in [0.29, 0.717) is 17.0 Å². The van der Waals surface area contributed by atoms with Crippen molar-refractivity contribution in [3.8, 4) is 11.8 Å². The Morgan fingerprint density at radius 3 is 2.81 bits per heavy atom. The van der Waals surface area contributed by atoms with E-state index in [0.717, 1.165) is 0 Å². The molecule has 0 aliphatic heterocycles. The summed E-state index contributed by atoms with van der Waals surface area (Å²) in [5.41, 5.74) is 0.922. The topological polar surface area (TPSA) is 53.3 Å². The second-order valence-corrected chi connectivity index (χ2v) is 3.10. The summed E-state index contributed by atoms with van der Waals surface area (Å²) in [5.74, 6) is 0.322. The molecule has 1 rings (SSSR count). The average Bonchev–Trinajstić information content (AvgIpc) is 2.35. The van der Waals surface area contributed by atoms with Gasteiger partial charge in [0, 0.05) is 13.1 Å². The molecule has 0 unspecified atom stereocenters. The molecule has 1 aromatic rings. The van der Waals surface area contributed by atoms with Gasteiger partial charge in [0.05, 0.1) is 18.4 Å². The monoisotopic (exact) mass is 216 g/mol. The van der Waals surface area contributed by atoms with Crippen molar-refractivity contribution in [2.24, 2.45) is 0 Å². The minimum atomic E-state index is -0.273.